The molecule has 0 aromatic carbocycles. The Morgan fingerprint density at radius 1 is 1.36 bits per heavy atom. The van der Waals surface area contributed by atoms with Gasteiger partial charge < -0.3 is 11.1 Å². The lowest BCUT2D eigenvalue weighted by atomic mass is 9.91. The first-order chi connectivity index (χ1) is 6.72. The average molecular weight is 216 g/mol. The second-order valence-corrected chi connectivity index (χ2v) is 5.45. The van der Waals surface area contributed by atoms with Gasteiger partial charge in [-0.2, -0.15) is 11.8 Å². The van der Waals surface area contributed by atoms with Crippen LogP contribution >= 0.6 is 11.8 Å². The van der Waals surface area contributed by atoms with Gasteiger partial charge in [-0.15, -0.1) is 0 Å². The standard InChI is InChI=1S/C11H24N2S/c1-9(7-8-14-2)13-11-5-3-10(12)4-6-11/h9-11,13H,3-8,12H2,1-2H3. The van der Waals surface area contributed by atoms with E-state index in [1.807, 2.05) is 11.8 Å². The van der Waals surface area contributed by atoms with Gasteiger partial charge in [0.05, 0.1) is 0 Å². The highest BCUT2D eigenvalue weighted by atomic mass is 32.2. The van der Waals surface area contributed by atoms with Crippen molar-refractivity contribution in [1.29, 1.82) is 0 Å². The fourth-order valence-electron chi connectivity index (χ4n) is 2.07. The van der Waals surface area contributed by atoms with Gasteiger partial charge >= 0.3 is 0 Å². The minimum atomic E-state index is 0.467. The van der Waals surface area contributed by atoms with Crippen molar-refractivity contribution >= 4 is 11.8 Å². The van der Waals surface area contributed by atoms with Crippen LogP contribution in [0.1, 0.15) is 39.0 Å². The molecule has 1 fully saturated rings. The maximum atomic E-state index is 5.88. The molecule has 14 heavy (non-hydrogen) atoms. The topological polar surface area (TPSA) is 38.0 Å². The maximum absolute atomic E-state index is 5.88. The van der Waals surface area contributed by atoms with Gasteiger partial charge in [-0.1, -0.05) is 0 Å². The van der Waals surface area contributed by atoms with Crippen molar-refractivity contribution in [3.63, 3.8) is 0 Å². The van der Waals surface area contributed by atoms with Crippen molar-refractivity contribution in [3.05, 3.63) is 0 Å². The number of nitrogens with one attached hydrogen (secondary N) is 1. The average Bonchev–Trinajstić information content (AvgIpc) is 2.18. The zero-order valence-electron chi connectivity index (χ0n) is 9.46. The van der Waals surface area contributed by atoms with Gasteiger partial charge in [0.2, 0.25) is 0 Å². The molecule has 3 heteroatoms. The molecule has 0 spiro atoms. The molecule has 2 nitrogen and oxygen atoms in total. The van der Waals surface area contributed by atoms with Gasteiger partial charge in [-0.25, -0.2) is 0 Å². The highest BCUT2D eigenvalue weighted by molar-refractivity contribution is 7.98. The maximum Gasteiger partial charge on any atom is 0.00706 e. The van der Waals surface area contributed by atoms with Gasteiger partial charge in [0.25, 0.3) is 0 Å². The molecule has 0 amide bonds. The van der Waals surface area contributed by atoms with E-state index in [4.69, 9.17) is 5.73 Å². The van der Waals surface area contributed by atoms with Crippen LogP contribution in [0.5, 0.6) is 0 Å². The smallest absolute Gasteiger partial charge is 0.00706 e. The summed E-state index contributed by atoms with van der Waals surface area (Å²) in [6.07, 6.45) is 8.39. The molecule has 1 rings (SSSR count). The van der Waals surface area contributed by atoms with E-state index in [1.54, 1.807) is 0 Å². The Balaban J connectivity index is 2.10. The quantitative estimate of drug-likeness (QED) is 0.738. The molecule has 0 radical (unpaired) electrons. The fraction of sp³-hybridized carbons (Fsp3) is 1.00. The molecule has 3 N–H and O–H groups in total. The Kier molecular flexibility index (Phi) is 5.90. The molecule has 0 aromatic heterocycles. The summed E-state index contributed by atoms with van der Waals surface area (Å²) in [4.78, 5) is 0. The van der Waals surface area contributed by atoms with Gasteiger partial charge in [0.1, 0.15) is 0 Å². The van der Waals surface area contributed by atoms with Crippen molar-refractivity contribution < 1.29 is 0 Å². The van der Waals surface area contributed by atoms with Crippen molar-refractivity contribution in [1.82, 2.24) is 5.32 Å². The highest BCUT2D eigenvalue weighted by Gasteiger charge is 2.19. The van der Waals surface area contributed by atoms with Crippen LogP contribution in [0.15, 0.2) is 0 Å². The normalized spacial score (nSPS) is 30.2. The van der Waals surface area contributed by atoms with E-state index >= 15 is 0 Å². The molecule has 1 aliphatic rings. The lowest BCUT2D eigenvalue weighted by molar-refractivity contribution is 0.318. The number of nitrogens with two attached hydrogens (primary N) is 1. The van der Waals surface area contributed by atoms with E-state index in [-0.39, 0.29) is 0 Å². The molecule has 1 aliphatic carbocycles. The summed E-state index contributed by atoms with van der Waals surface area (Å²) in [6.45, 7) is 2.30. The summed E-state index contributed by atoms with van der Waals surface area (Å²) in [5.74, 6) is 1.26. The zero-order chi connectivity index (χ0) is 10.4. The third-order valence-corrected chi connectivity index (χ3v) is 3.69. The second-order valence-electron chi connectivity index (χ2n) is 4.46. The minimum absolute atomic E-state index is 0.467. The molecule has 1 saturated carbocycles. The van der Waals surface area contributed by atoms with Crippen molar-refractivity contribution in [2.75, 3.05) is 12.0 Å². The number of thioether (sulfide) groups is 1. The van der Waals surface area contributed by atoms with Crippen LogP contribution in [0.4, 0.5) is 0 Å². The molecular weight excluding hydrogens is 192 g/mol. The van der Waals surface area contributed by atoms with Crippen LogP contribution in [-0.2, 0) is 0 Å². The van der Waals surface area contributed by atoms with Gasteiger partial charge in [0.15, 0.2) is 0 Å². The molecule has 0 aromatic rings. The summed E-state index contributed by atoms with van der Waals surface area (Å²) in [5, 5.41) is 3.71. The Morgan fingerprint density at radius 2 is 2.00 bits per heavy atom. The molecule has 0 heterocycles. The van der Waals surface area contributed by atoms with Crippen LogP contribution in [0.3, 0.4) is 0 Å². The highest BCUT2D eigenvalue weighted by Crippen LogP contribution is 2.17. The Hall–Kier alpha value is 0.270. The van der Waals surface area contributed by atoms with Gasteiger partial charge in [0, 0.05) is 18.1 Å². The summed E-state index contributed by atoms with van der Waals surface area (Å²) < 4.78 is 0. The van der Waals surface area contributed by atoms with Crippen LogP contribution in [0, 0.1) is 0 Å². The van der Waals surface area contributed by atoms with E-state index < -0.39 is 0 Å². The van der Waals surface area contributed by atoms with Crippen LogP contribution in [0.2, 0.25) is 0 Å². The van der Waals surface area contributed by atoms with E-state index in [0.29, 0.717) is 12.1 Å². The second kappa shape index (κ2) is 6.70. The van der Waals surface area contributed by atoms with Gasteiger partial charge in [-0.3, -0.25) is 0 Å². The van der Waals surface area contributed by atoms with E-state index in [9.17, 15) is 0 Å². The number of rotatable bonds is 5. The first-order valence-corrected chi connectivity index (χ1v) is 7.12. The zero-order valence-corrected chi connectivity index (χ0v) is 10.3. The van der Waals surface area contributed by atoms with E-state index in [1.165, 1.54) is 37.9 Å². The summed E-state index contributed by atoms with van der Waals surface area (Å²) in [7, 11) is 0. The fourth-order valence-corrected chi connectivity index (χ4v) is 2.66. The van der Waals surface area contributed by atoms with Crippen molar-refractivity contribution in [2.24, 2.45) is 5.73 Å². The molecule has 84 valence electrons. The molecule has 0 aliphatic heterocycles. The Morgan fingerprint density at radius 3 is 2.57 bits per heavy atom. The van der Waals surface area contributed by atoms with Crippen LogP contribution < -0.4 is 11.1 Å². The lowest BCUT2D eigenvalue weighted by Crippen LogP contribution is -2.41. The molecule has 1 atom stereocenters. The third-order valence-electron chi connectivity index (χ3n) is 3.05. The van der Waals surface area contributed by atoms with Crippen LogP contribution in [0.25, 0.3) is 0 Å². The SMILES string of the molecule is CSCCC(C)NC1CCC(N)CC1. The van der Waals surface area contributed by atoms with Crippen LogP contribution in [-0.4, -0.2) is 30.1 Å². The molecule has 1 unspecified atom stereocenters. The number of hydrogen-bond acceptors (Lipinski definition) is 3. The van der Waals surface area contributed by atoms with E-state index in [2.05, 4.69) is 18.5 Å². The predicted octanol–water partition coefficient (Wildman–Crippen LogP) is 1.99. The Labute approximate surface area is 92.4 Å². The number of hydrogen-bond donors (Lipinski definition) is 2. The molecular formula is C11H24N2S. The Bertz CT molecular complexity index is 144. The molecule has 0 bridgehead atoms. The van der Waals surface area contributed by atoms with Crippen molar-refractivity contribution in [3.8, 4) is 0 Å². The third kappa shape index (κ3) is 4.67. The summed E-state index contributed by atoms with van der Waals surface area (Å²) in [6, 6.07) is 1.86. The largest absolute Gasteiger partial charge is 0.328 e. The predicted molar refractivity (Wildman–Crippen MR) is 65.8 cm³/mol. The van der Waals surface area contributed by atoms with Crippen molar-refractivity contribution in [2.45, 2.75) is 57.2 Å². The lowest BCUT2D eigenvalue weighted by Gasteiger charge is -2.29. The van der Waals surface area contributed by atoms with Gasteiger partial charge in [-0.05, 0) is 51.0 Å². The summed E-state index contributed by atoms with van der Waals surface area (Å²) in [5.41, 5.74) is 5.88. The minimum Gasteiger partial charge on any atom is -0.328 e. The monoisotopic (exact) mass is 216 g/mol. The summed E-state index contributed by atoms with van der Waals surface area (Å²) >= 11 is 1.93. The first-order valence-electron chi connectivity index (χ1n) is 5.73. The molecule has 0 saturated heterocycles. The van der Waals surface area contributed by atoms with E-state index in [0.717, 1.165) is 6.04 Å². The first kappa shape index (κ1) is 12.3.